The largest absolute Gasteiger partial charge is 0.306 e. The highest BCUT2D eigenvalue weighted by atomic mass is 15.2. The Labute approximate surface area is 122 Å². The van der Waals surface area contributed by atoms with E-state index < -0.39 is 0 Å². The zero-order chi connectivity index (χ0) is 14.6. The molecule has 5 heteroatoms. The van der Waals surface area contributed by atoms with E-state index in [-0.39, 0.29) is 5.54 Å². The van der Waals surface area contributed by atoms with Crippen LogP contribution in [0.15, 0.2) is 6.07 Å². The van der Waals surface area contributed by atoms with Crippen LogP contribution >= 0.6 is 0 Å². The van der Waals surface area contributed by atoms with Gasteiger partial charge in [0.2, 0.25) is 0 Å². The van der Waals surface area contributed by atoms with Gasteiger partial charge in [-0.15, -0.1) is 0 Å². The van der Waals surface area contributed by atoms with Crippen LogP contribution in [-0.2, 0) is 6.54 Å². The Balaban J connectivity index is 1.70. The lowest BCUT2D eigenvalue weighted by atomic mass is 10.00. The molecule has 5 nitrogen and oxygen atoms in total. The summed E-state index contributed by atoms with van der Waals surface area (Å²) in [5, 5.41) is 10.9. The molecule has 0 atom stereocenters. The van der Waals surface area contributed by atoms with Crippen molar-refractivity contribution in [1.82, 2.24) is 25.3 Å². The average Bonchev–Trinajstić information content (AvgIpc) is 2.82. The minimum Gasteiger partial charge on any atom is -0.306 e. The highest BCUT2D eigenvalue weighted by molar-refractivity contribution is 5.06. The van der Waals surface area contributed by atoms with E-state index >= 15 is 0 Å². The highest BCUT2D eigenvalue weighted by Crippen LogP contribution is 2.12. The lowest BCUT2D eigenvalue weighted by molar-refractivity contribution is 0.142. The van der Waals surface area contributed by atoms with Crippen molar-refractivity contribution in [2.45, 2.75) is 39.3 Å². The molecule has 0 radical (unpaired) electrons. The van der Waals surface area contributed by atoms with Crippen molar-refractivity contribution in [2.24, 2.45) is 0 Å². The molecular weight excluding hydrogens is 250 g/mol. The van der Waals surface area contributed by atoms with Gasteiger partial charge in [0.15, 0.2) is 0 Å². The number of hydrogen-bond acceptors (Lipinski definition) is 4. The van der Waals surface area contributed by atoms with Crippen molar-refractivity contribution in [3.05, 3.63) is 17.5 Å². The molecule has 1 aromatic heterocycles. The van der Waals surface area contributed by atoms with Crippen LogP contribution in [0.3, 0.4) is 0 Å². The Morgan fingerprint density at radius 2 is 2.00 bits per heavy atom. The van der Waals surface area contributed by atoms with Crippen LogP contribution in [0.2, 0.25) is 0 Å². The molecule has 20 heavy (non-hydrogen) atoms. The summed E-state index contributed by atoms with van der Waals surface area (Å²) in [6, 6.07) is 2.10. The van der Waals surface area contributed by atoms with Gasteiger partial charge in [-0.1, -0.05) is 0 Å². The molecule has 0 unspecified atom stereocenters. The Bertz CT molecular complexity index is 404. The van der Waals surface area contributed by atoms with Crippen molar-refractivity contribution in [2.75, 3.05) is 39.8 Å². The predicted molar refractivity (Wildman–Crippen MR) is 82.8 cm³/mol. The quantitative estimate of drug-likeness (QED) is 0.822. The van der Waals surface area contributed by atoms with E-state index in [1.54, 1.807) is 0 Å². The monoisotopic (exact) mass is 279 g/mol. The van der Waals surface area contributed by atoms with Gasteiger partial charge in [0.25, 0.3) is 0 Å². The van der Waals surface area contributed by atoms with Crippen LogP contribution in [0, 0.1) is 6.92 Å². The SMILES string of the molecule is Cc1cc(CNC(C)(C)CCN2CCN(C)CC2)n[nH]1. The first kappa shape index (κ1) is 15.5. The van der Waals surface area contributed by atoms with E-state index in [0.717, 1.165) is 17.9 Å². The summed E-state index contributed by atoms with van der Waals surface area (Å²) in [7, 11) is 2.20. The van der Waals surface area contributed by atoms with Crippen molar-refractivity contribution < 1.29 is 0 Å². The molecule has 1 aliphatic rings. The smallest absolute Gasteiger partial charge is 0.0762 e. The molecule has 1 fully saturated rings. The summed E-state index contributed by atoms with van der Waals surface area (Å²) in [4.78, 5) is 4.97. The molecule has 2 N–H and O–H groups in total. The second-order valence-corrected chi connectivity index (χ2v) is 6.67. The minimum absolute atomic E-state index is 0.149. The summed E-state index contributed by atoms with van der Waals surface area (Å²) in [6.07, 6.45) is 1.17. The zero-order valence-corrected chi connectivity index (χ0v) is 13.4. The normalized spacial score (nSPS) is 18.6. The highest BCUT2D eigenvalue weighted by Gasteiger charge is 2.20. The van der Waals surface area contributed by atoms with Crippen LogP contribution in [0.25, 0.3) is 0 Å². The summed E-state index contributed by atoms with van der Waals surface area (Å²) in [5.41, 5.74) is 2.36. The number of aromatic amines is 1. The van der Waals surface area contributed by atoms with Crippen LogP contribution in [0.4, 0.5) is 0 Å². The van der Waals surface area contributed by atoms with E-state index in [2.05, 4.69) is 52.3 Å². The van der Waals surface area contributed by atoms with Crippen LogP contribution in [-0.4, -0.2) is 65.3 Å². The van der Waals surface area contributed by atoms with Gasteiger partial charge >= 0.3 is 0 Å². The van der Waals surface area contributed by atoms with Gasteiger partial charge in [-0.25, -0.2) is 0 Å². The molecule has 2 rings (SSSR count). The maximum atomic E-state index is 4.27. The van der Waals surface area contributed by atoms with Crippen LogP contribution in [0.1, 0.15) is 31.7 Å². The first-order valence-electron chi connectivity index (χ1n) is 7.61. The molecule has 1 aromatic rings. The third-order valence-corrected chi connectivity index (χ3v) is 4.16. The maximum absolute atomic E-state index is 4.27. The fraction of sp³-hybridized carbons (Fsp3) is 0.800. The third kappa shape index (κ3) is 4.89. The number of nitrogens with zero attached hydrogens (tertiary/aromatic N) is 3. The average molecular weight is 279 g/mol. The number of hydrogen-bond donors (Lipinski definition) is 2. The number of aromatic nitrogens is 2. The van der Waals surface area contributed by atoms with Crippen molar-refractivity contribution in [3.8, 4) is 0 Å². The molecule has 0 bridgehead atoms. The lowest BCUT2D eigenvalue weighted by Gasteiger charge is -2.35. The molecule has 0 spiro atoms. The molecule has 1 saturated heterocycles. The fourth-order valence-corrected chi connectivity index (χ4v) is 2.49. The standard InChI is InChI=1S/C15H29N5/c1-13-11-14(18-17-13)12-16-15(2,3)5-6-20-9-7-19(4)8-10-20/h11,16H,5-10,12H2,1-4H3,(H,17,18). The first-order chi connectivity index (χ1) is 9.44. The molecule has 1 aliphatic heterocycles. The van der Waals surface area contributed by atoms with Crippen molar-refractivity contribution >= 4 is 0 Å². The van der Waals surface area contributed by atoms with E-state index in [0.29, 0.717) is 0 Å². The number of aryl methyl sites for hydroxylation is 1. The van der Waals surface area contributed by atoms with Gasteiger partial charge in [-0.2, -0.15) is 5.10 Å². The summed E-state index contributed by atoms with van der Waals surface area (Å²) < 4.78 is 0. The third-order valence-electron chi connectivity index (χ3n) is 4.16. The van der Waals surface area contributed by atoms with E-state index in [1.807, 2.05) is 6.92 Å². The Kier molecular flexibility index (Phi) is 5.18. The zero-order valence-electron chi connectivity index (χ0n) is 13.4. The fourth-order valence-electron chi connectivity index (χ4n) is 2.49. The molecule has 114 valence electrons. The van der Waals surface area contributed by atoms with Crippen LogP contribution < -0.4 is 5.32 Å². The van der Waals surface area contributed by atoms with Gasteiger partial charge in [-0.3, -0.25) is 5.10 Å². The minimum atomic E-state index is 0.149. The molecular formula is C15H29N5. The molecule has 0 aromatic carbocycles. The predicted octanol–water partition coefficient (Wildman–Crippen LogP) is 1.22. The number of H-pyrrole nitrogens is 1. The van der Waals surface area contributed by atoms with E-state index in [9.17, 15) is 0 Å². The second kappa shape index (κ2) is 6.70. The first-order valence-corrected chi connectivity index (χ1v) is 7.61. The van der Waals surface area contributed by atoms with Gasteiger partial charge in [-0.05, 0) is 46.9 Å². The molecule has 0 aliphatic carbocycles. The summed E-state index contributed by atoms with van der Waals surface area (Å²) >= 11 is 0. The number of likely N-dealkylation sites (N-methyl/N-ethyl adjacent to an activating group) is 1. The Morgan fingerprint density at radius 1 is 1.30 bits per heavy atom. The topological polar surface area (TPSA) is 47.2 Å². The number of nitrogens with one attached hydrogen (secondary N) is 2. The van der Waals surface area contributed by atoms with Gasteiger partial charge < -0.3 is 15.1 Å². The van der Waals surface area contributed by atoms with Crippen molar-refractivity contribution in [1.29, 1.82) is 0 Å². The number of piperazine rings is 1. The molecule has 0 saturated carbocycles. The Hall–Kier alpha value is -0.910. The lowest BCUT2D eigenvalue weighted by Crippen LogP contribution is -2.47. The molecule has 2 heterocycles. The van der Waals surface area contributed by atoms with Gasteiger partial charge in [0.05, 0.1) is 5.69 Å². The Morgan fingerprint density at radius 3 is 2.60 bits per heavy atom. The molecule has 0 amide bonds. The van der Waals surface area contributed by atoms with E-state index in [4.69, 9.17) is 0 Å². The van der Waals surface area contributed by atoms with E-state index in [1.165, 1.54) is 39.1 Å². The van der Waals surface area contributed by atoms with Crippen LogP contribution in [0.5, 0.6) is 0 Å². The maximum Gasteiger partial charge on any atom is 0.0762 e. The van der Waals surface area contributed by atoms with Crippen molar-refractivity contribution in [3.63, 3.8) is 0 Å². The second-order valence-electron chi connectivity index (χ2n) is 6.67. The van der Waals surface area contributed by atoms with Gasteiger partial charge in [0, 0.05) is 44.0 Å². The summed E-state index contributed by atoms with van der Waals surface area (Å²) in [5.74, 6) is 0. The number of rotatable bonds is 6. The van der Waals surface area contributed by atoms with Gasteiger partial charge in [0.1, 0.15) is 0 Å². The summed E-state index contributed by atoms with van der Waals surface area (Å²) in [6.45, 7) is 13.4.